The van der Waals surface area contributed by atoms with Gasteiger partial charge in [-0.1, -0.05) is 28.1 Å². The molecular formula is C14H17BrN4S. The van der Waals surface area contributed by atoms with Crippen molar-refractivity contribution in [3.05, 3.63) is 50.4 Å². The van der Waals surface area contributed by atoms with E-state index in [0.29, 0.717) is 6.54 Å². The van der Waals surface area contributed by atoms with Crippen LogP contribution < -0.4 is 10.6 Å². The number of thiazole rings is 1. The minimum absolute atomic E-state index is 0.691. The highest BCUT2D eigenvalue weighted by atomic mass is 79.9. The van der Waals surface area contributed by atoms with Crippen molar-refractivity contribution in [3.63, 3.8) is 0 Å². The molecule has 1 aromatic carbocycles. The van der Waals surface area contributed by atoms with Crippen LogP contribution in [0, 0.1) is 6.92 Å². The molecule has 0 fully saturated rings. The second kappa shape index (κ2) is 7.40. The molecule has 0 atom stereocenters. The monoisotopic (exact) mass is 352 g/mol. The highest BCUT2D eigenvalue weighted by Gasteiger charge is 2.02. The van der Waals surface area contributed by atoms with Gasteiger partial charge >= 0.3 is 0 Å². The summed E-state index contributed by atoms with van der Waals surface area (Å²) in [5.41, 5.74) is 1.20. The van der Waals surface area contributed by atoms with Crippen molar-refractivity contribution < 1.29 is 0 Å². The minimum Gasteiger partial charge on any atom is -0.352 e. The lowest BCUT2D eigenvalue weighted by molar-refractivity contribution is 0.805. The third-order valence-electron chi connectivity index (χ3n) is 2.65. The summed E-state index contributed by atoms with van der Waals surface area (Å²) < 4.78 is 1.08. The summed E-state index contributed by atoms with van der Waals surface area (Å²) in [6.45, 7) is 3.48. The van der Waals surface area contributed by atoms with E-state index in [1.165, 1.54) is 10.4 Å². The van der Waals surface area contributed by atoms with Gasteiger partial charge in [-0.25, -0.2) is 4.98 Å². The predicted molar refractivity (Wildman–Crippen MR) is 88.0 cm³/mol. The molecule has 0 bridgehead atoms. The van der Waals surface area contributed by atoms with Crippen LogP contribution in [0.4, 0.5) is 0 Å². The molecule has 0 saturated carbocycles. The maximum Gasteiger partial charge on any atom is 0.191 e. The van der Waals surface area contributed by atoms with Crippen molar-refractivity contribution >= 4 is 33.2 Å². The molecule has 0 spiro atoms. The molecule has 1 aromatic heterocycles. The standard InChI is InChI=1S/C14H17BrN4S/c1-10-7-17-13(20-10)9-19-14(16-2)18-8-11-4-3-5-12(15)6-11/h3-7H,8-9H2,1-2H3,(H2,16,18,19). The second-order valence-electron chi connectivity index (χ2n) is 4.27. The Labute approximate surface area is 131 Å². The van der Waals surface area contributed by atoms with Gasteiger partial charge in [-0.15, -0.1) is 11.3 Å². The van der Waals surface area contributed by atoms with E-state index < -0.39 is 0 Å². The first-order valence-electron chi connectivity index (χ1n) is 6.27. The van der Waals surface area contributed by atoms with Crippen molar-refractivity contribution in [2.24, 2.45) is 4.99 Å². The molecule has 0 amide bonds. The summed E-state index contributed by atoms with van der Waals surface area (Å²) in [5.74, 6) is 0.776. The highest BCUT2D eigenvalue weighted by molar-refractivity contribution is 9.10. The zero-order chi connectivity index (χ0) is 14.4. The van der Waals surface area contributed by atoms with Gasteiger partial charge in [0.05, 0.1) is 6.54 Å². The lowest BCUT2D eigenvalue weighted by Gasteiger charge is -2.11. The molecule has 1 heterocycles. The van der Waals surface area contributed by atoms with Crippen molar-refractivity contribution in [2.75, 3.05) is 7.05 Å². The van der Waals surface area contributed by atoms with E-state index in [1.54, 1.807) is 18.4 Å². The number of guanidine groups is 1. The minimum atomic E-state index is 0.691. The van der Waals surface area contributed by atoms with Crippen molar-refractivity contribution in [3.8, 4) is 0 Å². The SMILES string of the molecule is CN=C(NCc1cccc(Br)c1)NCc1ncc(C)s1. The van der Waals surface area contributed by atoms with Crippen molar-refractivity contribution in [1.29, 1.82) is 0 Å². The van der Waals surface area contributed by atoms with E-state index in [4.69, 9.17) is 0 Å². The van der Waals surface area contributed by atoms with Crippen LogP contribution >= 0.6 is 27.3 Å². The molecule has 20 heavy (non-hydrogen) atoms. The number of benzene rings is 1. The maximum atomic E-state index is 4.32. The molecule has 6 heteroatoms. The van der Waals surface area contributed by atoms with Gasteiger partial charge in [-0.05, 0) is 24.6 Å². The van der Waals surface area contributed by atoms with Crippen LogP contribution in [0.25, 0.3) is 0 Å². The largest absolute Gasteiger partial charge is 0.352 e. The fourth-order valence-electron chi connectivity index (χ4n) is 1.70. The number of hydrogen-bond donors (Lipinski definition) is 2. The van der Waals surface area contributed by atoms with E-state index in [2.05, 4.69) is 55.6 Å². The van der Waals surface area contributed by atoms with Gasteiger partial charge < -0.3 is 10.6 Å². The van der Waals surface area contributed by atoms with Crippen LogP contribution in [-0.2, 0) is 13.1 Å². The molecule has 0 unspecified atom stereocenters. The number of nitrogens with zero attached hydrogens (tertiary/aromatic N) is 2. The molecule has 2 aromatic rings. The molecule has 2 rings (SSSR count). The summed E-state index contributed by atoms with van der Waals surface area (Å²) in [7, 11) is 1.77. The number of aromatic nitrogens is 1. The lowest BCUT2D eigenvalue weighted by atomic mass is 10.2. The van der Waals surface area contributed by atoms with Crippen LogP contribution in [0.2, 0.25) is 0 Å². The molecule has 0 aliphatic heterocycles. The Morgan fingerprint density at radius 1 is 1.35 bits per heavy atom. The van der Waals surface area contributed by atoms with Gasteiger partial charge in [-0.3, -0.25) is 4.99 Å². The van der Waals surface area contributed by atoms with Gasteiger partial charge in [0.25, 0.3) is 0 Å². The Kier molecular flexibility index (Phi) is 5.55. The van der Waals surface area contributed by atoms with Crippen molar-refractivity contribution in [2.45, 2.75) is 20.0 Å². The maximum absolute atomic E-state index is 4.32. The quantitative estimate of drug-likeness (QED) is 0.656. The first-order chi connectivity index (χ1) is 9.67. The molecule has 0 aliphatic rings. The fourth-order valence-corrected chi connectivity index (χ4v) is 2.87. The highest BCUT2D eigenvalue weighted by Crippen LogP contribution is 2.11. The van der Waals surface area contributed by atoms with E-state index in [9.17, 15) is 0 Å². The van der Waals surface area contributed by atoms with Crippen LogP contribution in [0.5, 0.6) is 0 Å². The van der Waals surface area contributed by atoms with E-state index in [1.807, 2.05) is 18.3 Å². The van der Waals surface area contributed by atoms with E-state index in [-0.39, 0.29) is 0 Å². The topological polar surface area (TPSA) is 49.3 Å². The smallest absolute Gasteiger partial charge is 0.191 e. The molecule has 106 valence electrons. The van der Waals surface area contributed by atoms with Crippen molar-refractivity contribution in [1.82, 2.24) is 15.6 Å². The van der Waals surface area contributed by atoms with Gasteiger partial charge in [0.15, 0.2) is 5.96 Å². The Morgan fingerprint density at radius 3 is 2.80 bits per heavy atom. The van der Waals surface area contributed by atoms with Gasteiger partial charge in [0.1, 0.15) is 5.01 Å². The van der Waals surface area contributed by atoms with Crippen LogP contribution in [0.1, 0.15) is 15.4 Å². The third kappa shape index (κ3) is 4.61. The van der Waals surface area contributed by atoms with Gasteiger partial charge in [-0.2, -0.15) is 0 Å². The summed E-state index contributed by atoms with van der Waals surface area (Å²) in [6, 6.07) is 8.21. The number of halogens is 1. The number of aryl methyl sites for hydroxylation is 1. The fraction of sp³-hybridized carbons (Fsp3) is 0.286. The zero-order valence-corrected chi connectivity index (χ0v) is 13.9. The summed E-state index contributed by atoms with van der Waals surface area (Å²) in [5, 5.41) is 7.61. The average molecular weight is 353 g/mol. The average Bonchev–Trinajstić information content (AvgIpc) is 2.85. The Bertz CT molecular complexity index is 594. The third-order valence-corrected chi connectivity index (χ3v) is 4.05. The van der Waals surface area contributed by atoms with E-state index in [0.717, 1.165) is 22.0 Å². The lowest BCUT2D eigenvalue weighted by Crippen LogP contribution is -2.36. The predicted octanol–water partition coefficient (Wildman–Crippen LogP) is 3.08. The number of nitrogens with one attached hydrogen (secondary N) is 2. The second-order valence-corrected chi connectivity index (χ2v) is 6.51. The first kappa shape index (κ1) is 15.0. The number of hydrogen-bond acceptors (Lipinski definition) is 3. The van der Waals surface area contributed by atoms with Crippen LogP contribution in [0.3, 0.4) is 0 Å². The Balaban J connectivity index is 1.84. The molecule has 0 saturated heterocycles. The van der Waals surface area contributed by atoms with Crippen LogP contribution in [0.15, 0.2) is 39.9 Å². The van der Waals surface area contributed by atoms with Crippen LogP contribution in [-0.4, -0.2) is 18.0 Å². The first-order valence-corrected chi connectivity index (χ1v) is 7.88. The zero-order valence-electron chi connectivity index (χ0n) is 11.5. The molecule has 4 nitrogen and oxygen atoms in total. The molecule has 0 aliphatic carbocycles. The Hall–Kier alpha value is -1.40. The molecular weight excluding hydrogens is 336 g/mol. The molecule has 0 radical (unpaired) electrons. The summed E-state index contributed by atoms with van der Waals surface area (Å²) in [6.07, 6.45) is 1.89. The summed E-state index contributed by atoms with van der Waals surface area (Å²) >= 11 is 5.16. The number of aliphatic imine (C=N–C) groups is 1. The normalized spacial score (nSPS) is 11.4. The van der Waals surface area contributed by atoms with Gasteiger partial charge in [0, 0.05) is 29.1 Å². The summed E-state index contributed by atoms with van der Waals surface area (Å²) in [4.78, 5) is 9.75. The Morgan fingerprint density at radius 2 is 2.15 bits per heavy atom. The van der Waals surface area contributed by atoms with Gasteiger partial charge in [0.2, 0.25) is 0 Å². The number of rotatable bonds is 4. The van der Waals surface area contributed by atoms with E-state index >= 15 is 0 Å². The molecule has 2 N–H and O–H groups in total.